The number of carbonyl (C=O) groups is 3. The number of carboxylic acid groups (broad SMARTS) is 1. The van der Waals surface area contributed by atoms with Gasteiger partial charge in [-0.3, -0.25) is 14.4 Å². The van der Waals surface area contributed by atoms with E-state index in [2.05, 4.69) is 5.32 Å². The van der Waals surface area contributed by atoms with Gasteiger partial charge in [0.15, 0.2) is 5.12 Å². The lowest BCUT2D eigenvalue weighted by Gasteiger charge is -2.09. The SMILES string of the molecule is CC(SC(=O)CC1CC1)C(=O)NCC(=O)O. The van der Waals surface area contributed by atoms with Crippen molar-refractivity contribution in [2.24, 2.45) is 5.92 Å². The minimum Gasteiger partial charge on any atom is -0.480 e. The van der Waals surface area contributed by atoms with E-state index < -0.39 is 23.7 Å². The maximum Gasteiger partial charge on any atom is 0.322 e. The third-order valence-corrected chi connectivity index (χ3v) is 3.24. The van der Waals surface area contributed by atoms with Gasteiger partial charge in [-0.2, -0.15) is 0 Å². The summed E-state index contributed by atoms with van der Waals surface area (Å²) in [7, 11) is 0. The number of hydrogen-bond donors (Lipinski definition) is 2. The van der Waals surface area contributed by atoms with Crippen molar-refractivity contribution in [3.05, 3.63) is 0 Å². The van der Waals surface area contributed by atoms with Gasteiger partial charge >= 0.3 is 5.97 Å². The second-order valence-corrected chi connectivity index (χ2v) is 5.29. The summed E-state index contributed by atoms with van der Waals surface area (Å²) in [4.78, 5) is 33.0. The van der Waals surface area contributed by atoms with Gasteiger partial charge < -0.3 is 10.4 Å². The van der Waals surface area contributed by atoms with E-state index in [-0.39, 0.29) is 5.12 Å². The largest absolute Gasteiger partial charge is 0.480 e. The molecule has 90 valence electrons. The predicted octanol–water partition coefficient (Wildman–Crippen LogP) is 0.636. The second kappa shape index (κ2) is 5.89. The number of carbonyl (C=O) groups excluding carboxylic acids is 2. The summed E-state index contributed by atoms with van der Waals surface area (Å²) in [5.74, 6) is -0.985. The van der Waals surface area contributed by atoms with Crippen molar-refractivity contribution in [1.29, 1.82) is 0 Å². The molecule has 1 rings (SSSR count). The number of carboxylic acids is 1. The summed E-state index contributed by atoms with van der Waals surface area (Å²) in [5, 5.41) is 10.1. The number of amides is 1. The number of hydrogen-bond acceptors (Lipinski definition) is 4. The highest BCUT2D eigenvalue weighted by Crippen LogP contribution is 2.34. The molecular weight excluding hydrogens is 230 g/mol. The van der Waals surface area contributed by atoms with Crippen LogP contribution in [0.5, 0.6) is 0 Å². The van der Waals surface area contributed by atoms with Gasteiger partial charge in [-0.25, -0.2) is 0 Å². The van der Waals surface area contributed by atoms with E-state index >= 15 is 0 Å². The van der Waals surface area contributed by atoms with Crippen LogP contribution in [0.3, 0.4) is 0 Å². The summed E-state index contributed by atoms with van der Waals surface area (Å²) < 4.78 is 0. The van der Waals surface area contributed by atoms with E-state index in [4.69, 9.17) is 5.11 Å². The average Bonchev–Trinajstić information content (AvgIpc) is 2.97. The third-order valence-electron chi connectivity index (χ3n) is 2.24. The van der Waals surface area contributed by atoms with Crippen LogP contribution in [0, 0.1) is 5.92 Å². The minimum atomic E-state index is -1.09. The molecule has 1 fully saturated rings. The molecule has 1 saturated carbocycles. The van der Waals surface area contributed by atoms with E-state index in [1.54, 1.807) is 6.92 Å². The van der Waals surface area contributed by atoms with Crippen LogP contribution in [0.2, 0.25) is 0 Å². The first-order valence-electron chi connectivity index (χ1n) is 5.18. The van der Waals surface area contributed by atoms with Crippen LogP contribution in [-0.2, 0) is 14.4 Å². The summed E-state index contributed by atoms with van der Waals surface area (Å²) in [5.41, 5.74) is 0. The van der Waals surface area contributed by atoms with Crippen molar-refractivity contribution < 1.29 is 19.5 Å². The fourth-order valence-electron chi connectivity index (χ4n) is 1.16. The number of aliphatic carboxylic acids is 1. The summed E-state index contributed by atoms with van der Waals surface area (Å²) in [6.07, 6.45) is 2.74. The normalized spacial score (nSPS) is 16.6. The molecule has 0 aromatic rings. The Bertz CT molecular complexity index is 301. The maximum absolute atomic E-state index is 11.4. The monoisotopic (exact) mass is 245 g/mol. The molecule has 6 heteroatoms. The third kappa shape index (κ3) is 5.16. The summed E-state index contributed by atoms with van der Waals surface area (Å²) in [6, 6.07) is 0. The fraction of sp³-hybridized carbons (Fsp3) is 0.700. The highest BCUT2D eigenvalue weighted by Gasteiger charge is 2.26. The van der Waals surface area contributed by atoms with Gasteiger partial charge in [0.05, 0.1) is 5.25 Å². The van der Waals surface area contributed by atoms with Gasteiger partial charge in [-0.05, 0) is 25.7 Å². The van der Waals surface area contributed by atoms with E-state index in [0.717, 1.165) is 24.6 Å². The van der Waals surface area contributed by atoms with Gasteiger partial charge in [0.2, 0.25) is 5.91 Å². The Kier molecular flexibility index (Phi) is 4.79. The van der Waals surface area contributed by atoms with Crippen molar-refractivity contribution in [2.75, 3.05) is 6.54 Å². The lowest BCUT2D eigenvalue weighted by atomic mass is 10.3. The Hall–Kier alpha value is -1.04. The average molecular weight is 245 g/mol. The Balaban J connectivity index is 2.21. The number of nitrogens with one attached hydrogen (secondary N) is 1. The molecule has 2 N–H and O–H groups in total. The van der Waals surface area contributed by atoms with Gasteiger partial charge in [0.1, 0.15) is 6.54 Å². The fourth-order valence-corrected chi connectivity index (χ4v) is 2.08. The van der Waals surface area contributed by atoms with Crippen LogP contribution in [0.25, 0.3) is 0 Å². The van der Waals surface area contributed by atoms with Crippen LogP contribution in [0.4, 0.5) is 0 Å². The lowest BCUT2D eigenvalue weighted by Crippen LogP contribution is -2.35. The lowest BCUT2D eigenvalue weighted by molar-refractivity contribution is -0.137. The van der Waals surface area contributed by atoms with E-state index in [9.17, 15) is 14.4 Å². The van der Waals surface area contributed by atoms with Crippen molar-refractivity contribution in [2.45, 2.75) is 31.4 Å². The Morgan fingerprint density at radius 1 is 1.44 bits per heavy atom. The van der Waals surface area contributed by atoms with Crippen LogP contribution in [0.15, 0.2) is 0 Å². The predicted molar refractivity (Wildman–Crippen MR) is 60.0 cm³/mol. The molecule has 1 aliphatic rings. The molecule has 16 heavy (non-hydrogen) atoms. The Labute approximate surface area is 98.0 Å². The molecule has 0 aromatic heterocycles. The van der Waals surface area contributed by atoms with Crippen LogP contribution < -0.4 is 5.32 Å². The second-order valence-electron chi connectivity index (χ2n) is 3.89. The summed E-state index contributed by atoms with van der Waals surface area (Å²) >= 11 is 0.984. The molecule has 1 aliphatic carbocycles. The van der Waals surface area contributed by atoms with Crippen LogP contribution in [-0.4, -0.2) is 33.9 Å². The van der Waals surface area contributed by atoms with Gasteiger partial charge in [0, 0.05) is 6.42 Å². The first-order chi connectivity index (χ1) is 7.49. The molecule has 1 atom stereocenters. The minimum absolute atomic E-state index is 0.0143. The molecule has 0 aromatic carbocycles. The molecule has 0 saturated heterocycles. The summed E-state index contributed by atoms with van der Waals surface area (Å²) in [6.45, 7) is 1.20. The van der Waals surface area contributed by atoms with Gasteiger partial charge in [-0.15, -0.1) is 0 Å². The molecule has 0 radical (unpaired) electrons. The van der Waals surface area contributed by atoms with E-state index in [0.29, 0.717) is 12.3 Å². The van der Waals surface area contributed by atoms with Crippen LogP contribution in [0.1, 0.15) is 26.2 Å². The molecule has 0 bridgehead atoms. The molecule has 5 nitrogen and oxygen atoms in total. The zero-order chi connectivity index (χ0) is 12.1. The molecule has 0 heterocycles. The highest BCUT2D eigenvalue weighted by molar-refractivity contribution is 8.14. The maximum atomic E-state index is 11.4. The van der Waals surface area contributed by atoms with Crippen molar-refractivity contribution in [3.63, 3.8) is 0 Å². The molecule has 0 aliphatic heterocycles. The molecule has 1 unspecified atom stereocenters. The van der Waals surface area contributed by atoms with Crippen molar-refractivity contribution in [1.82, 2.24) is 5.32 Å². The van der Waals surface area contributed by atoms with E-state index in [1.165, 1.54) is 0 Å². The number of rotatable bonds is 6. The Morgan fingerprint density at radius 3 is 2.56 bits per heavy atom. The molecular formula is C10H15NO4S. The molecule has 1 amide bonds. The Morgan fingerprint density at radius 2 is 2.06 bits per heavy atom. The van der Waals surface area contributed by atoms with Crippen LogP contribution >= 0.6 is 11.8 Å². The van der Waals surface area contributed by atoms with Crippen molar-refractivity contribution >= 4 is 28.8 Å². The van der Waals surface area contributed by atoms with Gasteiger partial charge in [-0.1, -0.05) is 11.8 Å². The smallest absolute Gasteiger partial charge is 0.322 e. The topological polar surface area (TPSA) is 83.5 Å². The standard InChI is InChI=1S/C10H15NO4S/c1-6(10(15)11-5-8(12)13)16-9(14)4-7-2-3-7/h6-7H,2-5H2,1H3,(H,11,15)(H,12,13). The van der Waals surface area contributed by atoms with Crippen molar-refractivity contribution in [3.8, 4) is 0 Å². The molecule has 0 spiro atoms. The zero-order valence-corrected chi connectivity index (χ0v) is 9.88. The zero-order valence-electron chi connectivity index (χ0n) is 9.06. The first kappa shape index (κ1) is 13.0. The quantitative estimate of drug-likeness (QED) is 0.717. The first-order valence-corrected chi connectivity index (χ1v) is 6.06. The van der Waals surface area contributed by atoms with Gasteiger partial charge in [0.25, 0.3) is 0 Å². The van der Waals surface area contributed by atoms with E-state index in [1.807, 2.05) is 0 Å². The number of thioether (sulfide) groups is 1. The highest BCUT2D eigenvalue weighted by atomic mass is 32.2.